The van der Waals surface area contributed by atoms with Crippen LogP contribution in [-0.2, 0) is 4.79 Å². The molecule has 1 aromatic heterocycles. The van der Waals surface area contributed by atoms with E-state index in [2.05, 4.69) is 10.3 Å². The molecule has 0 aliphatic heterocycles. The highest BCUT2D eigenvalue weighted by Gasteiger charge is 2.16. The molecule has 0 saturated carbocycles. The molecule has 0 fully saturated rings. The number of carbonyl (C=O) groups excluding carboxylic acids is 1. The summed E-state index contributed by atoms with van der Waals surface area (Å²) in [6, 6.07) is 11.1. The largest absolute Gasteiger partial charge is 0.387 e. The molecular weight excluding hydrogens is 303 g/mol. The molecule has 2 atom stereocenters. The highest BCUT2D eigenvalue weighted by Crippen LogP contribution is 2.20. The fourth-order valence-electron chi connectivity index (χ4n) is 1.80. The van der Waals surface area contributed by atoms with Crippen LogP contribution in [0.3, 0.4) is 0 Å². The highest BCUT2D eigenvalue weighted by molar-refractivity contribution is 8.00. The Morgan fingerprint density at radius 3 is 2.68 bits per heavy atom. The van der Waals surface area contributed by atoms with Gasteiger partial charge in [-0.2, -0.15) is 0 Å². The fraction of sp³-hybridized carbons (Fsp3) is 0.250. The van der Waals surface area contributed by atoms with E-state index >= 15 is 0 Å². The van der Waals surface area contributed by atoms with Gasteiger partial charge in [-0.15, -0.1) is 0 Å². The van der Waals surface area contributed by atoms with Crippen molar-refractivity contribution in [3.63, 3.8) is 0 Å². The van der Waals surface area contributed by atoms with Gasteiger partial charge in [-0.05, 0) is 36.8 Å². The molecule has 1 heterocycles. The molecule has 0 bridgehead atoms. The number of carbonyl (C=O) groups is 1. The lowest BCUT2D eigenvalue weighted by atomic mass is 10.1. The van der Waals surface area contributed by atoms with Gasteiger partial charge >= 0.3 is 0 Å². The quantitative estimate of drug-likeness (QED) is 0.803. The summed E-state index contributed by atoms with van der Waals surface area (Å²) in [7, 11) is 0. The normalized spacial score (nSPS) is 13.4. The van der Waals surface area contributed by atoms with E-state index in [9.17, 15) is 14.3 Å². The Hall–Kier alpha value is -1.92. The highest BCUT2D eigenvalue weighted by atomic mass is 32.2. The zero-order valence-electron chi connectivity index (χ0n) is 12.1. The number of aliphatic hydroxyl groups is 1. The molecular formula is C16H17FN2O2S. The molecule has 2 N–H and O–H groups in total. The molecule has 4 nitrogen and oxygen atoms in total. The first kappa shape index (κ1) is 16.5. The van der Waals surface area contributed by atoms with Crippen molar-refractivity contribution in [2.24, 2.45) is 0 Å². The molecule has 0 spiro atoms. The van der Waals surface area contributed by atoms with Crippen LogP contribution in [0, 0.1) is 5.82 Å². The molecule has 1 amide bonds. The number of hydrogen-bond donors (Lipinski definition) is 2. The van der Waals surface area contributed by atoms with E-state index in [1.807, 2.05) is 18.2 Å². The molecule has 0 aliphatic rings. The van der Waals surface area contributed by atoms with Gasteiger partial charge in [-0.1, -0.05) is 30.0 Å². The zero-order valence-corrected chi connectivity index (χ0v) is 12.9. The maximum absolute atomic E-state index is 12.8. The number of nitrogens with zero attached hydrogens (tertiary/aromatic N) is 1. The van der Waals surface area contributed by atoms with Crippen LogP contribution in [0.4, 0.5) is 4.39 Å². The molecule has 2 aromatic rings. The van der Waals surface area contributed by atoms with Gasteiger partial charge in [0.2, 0.25) is 5.91 Å². The van der Waals surface area contributed by atoms with Gasteiger partial charge in [0, 0.05) is 12.7 Å². The van der Waals surface area contributed by atoms with Gasteiger partial charge in [0.25, 0.3) is 0 Å². The summed E-state index contributed by atoms with van der Waals surface area (Å²) < 4.78 is 12.8. The van der Waals surface area contributed by atoms with E-state index in [0.717, 1.165) is 5.03 Å². The minimum absolute atomic E-state index is 0.0809. The van der Waals surface area contributed by atoms with Crippen molar-refractivity contribution < 1.29 is 14.3 Å². The molecule has 0 radical (unpaired) electrons. The molecule has 6 heteroatoms. The molecule has 0 aliphatic carbocycles. The van der Waals surface area contributed by atoms with Gasteiger partial charge in [0.1, 0.15) is 5.82 Å². The summed E-state index contributed by atoms with van der Waals surface area (Å²) in [5.41, 5.74) is 0.562. The molecule has 1 aromatic carbocycles. The molecule has 2 rings (SSSR count). The Morgan fingerprint density at radius 1 is 1.32 bits per heavy atom. The van der Waals surface area contributed by atoms with Crippen LogP contribution in [0.1, 0.15) is 18.6 Å². The van der Waals surface area contributed by atoms with Gasteiger partial charge in [0.15, 0.2) is 0 Å². The van der Waals surface area contributed by atoms with Crippen LogP contribution in [0.2, 0.25) is 0 Å². The summed E-state index contributed by atoms with van der Waals surface area (Å²) >= 11 is 1.35. The number of rotatable bonds is 6. The number of amides is 1. The Labute approximate surface area is 132 Å². The summed E-state index contributed by atoms with van der Waals surface area (Å²) in [6.07, 6.45) is 0.808. The van der Waals surface area contributed by atoms with Crippen molar-refractivity contribution in [1.29, 1.82) is 0 Å². The third-order valence-corrected chi connectivity index (χ3v) is 4.08. The summed E-state index contributed by atoms with van der Waals surface area (Å²) in [6.45, 7) is 1.86. The Morgan fingerprint density at radius 2 is 2.05 bits per heavy atom. The number of halogens is 1. The lowest BCUT2D eigenvalue weighted by Crippen LogP contribution is -2.34. The number of aromatic nitrogens is 1. The molecule has 116 valence electrons. The van der Waals surface area contributed by atoms with Crippen LogP contribution in [-0.4, -0.2) is 27.8 Å². The number of thioether (sulfide) groups is 1. The van der Waals surface area contributed by atoms with Crippen molar-refractivity contribution in [2.45, 2.75) is 23.3 Å². The molecule has 0 saturated heterocycles. The standard InChI is InChI=1S/C16H17FN2O2S/c1-11(22-15-4-2-3-9-18-15)16(21)19-10-14(20)12-5-7-13(17)8-6-12/h2-9,11,14,20H,10H2,1H3,(H,19,21). The molecule has 22 heavy (non-hydrogen) atoms. The van der Waals surface area contributed by atoms with Crippen molar-refractivity contribution >= 4 is 17.7 Å². The van der Waals surface area contributed by atoms with Gasteiger partial charge in [0.05, 0.1) is 16.4 Å². The lowest BCUT2D eigenvalue weighted by molar-refractivity contribution is -0.120. The predicted octanol–water partition coefficient (Wildman–Crippen LogP) is 2.55. The minimum Gasteiger partial charge on any atom is -0.387 e. The second-order valence-corrected chi connectivity index (χ2v) is 6.10. The average molecular weight is 320 g/mol. The molecule has 2 unspecified atom stereocenters. The van der Waals surface area contributed by atoms with Crippen LogP contribution in [0.5, 0.6) is 0 Å². The van der Waals surface area contributed by atoms with Crippen LogP contribution >= 0.6 is 11.8 Å². The number of nitrogens with one attached hydrogen (secondary N) is 1. The van der Waals surface area contributed by atoms with E-state index in [1.54, 1.807) is 13.1 Å². The van der Waals surface area contributed by atoms with Crippen LogP contribution < -0.4 is 5.32 Å². The summed E-state index contributed by atoms with van der Waals surface area (Å²) in [5, 5.41) is 13.1. The van der Waals surface area contributed by atoms with E-state index < -0.39 is 6.10 Å². The van der Waals surface area contributed by atoms with Crippen LogP contribution in [0.15, 0.2) is 53.7 Å². The fourth-order valence-corrected chi connectivity index (χ4v) is 2.63. The van der Waals surface area contributed by atoms with Crippen molar-refractivity contribution in [1.82, 2.24) is 10.3 Å². The second-order valence-electron chi connectivity index (χ2n) is 4.74. The van der Waals surface area contributed by atoms with Crippen molar-refractivity contribution in [3.8, 4) is 0 Å². The first-order valence-electron chi connectivity index (χ1n) is 6.85. The third kappa shape index (κ3) is 4.82. The first-order chi connectivity index (χ1) is 10.6. The SMILES string of the molecule is CC(Sc1ccccn1)C(=O)NCC(O)c1ccc(F)cc1. The predicted molar refractivity (Wildman–Crippen MR) is 83.9 cm³/mol. The maximum atomic E-state index is 12.8. The Balaban J connectivity index is 1.82. The number of benzene rings is 1. The Kier molecular flexibility index (Phi) is 5.91. The van der Waals surface area contributed by atoms with Crippen LogP contribution in [0.25, 0.3) is 0 Å². The topological polar surface area (TPSA) is 62.2 Å². The summed E-state index contributed by atoms with van der Waals surface area (Å²) in [5.74, 6) is -0.544. The van der Waals surface area contributed by atoms with E-state index in [0.29, 0.717) is 5.56 Å². The van der Waals surface area contributed by atoms with Gasteiger partial charge < -0.3 is 10.4 Å². The monoisotopic (exact) mass is 320 g/mol. The minimum atomic E-state index is -0.864. The smallest absolute Gasteiger partial charge is 0.233 e. The Bertz CT molecular complexity index is 607. The third-order valence-electron chi connectivity index (χ3n) is 3.03. The number of hydrogen-bond acceptors (Lipinski definition) is 4. The van der Waals surface area contributed by atoms with Gasteiger partial charge in [-0.25, -0.2) is 9.37 Å². The van der Waals surface area contributed by atoms with Crippen molar-refractivity contribution in [3.05, 3.63) is 60.0 Å². The number of pyridine rings is 1. The van der Waals surface area contributed by atoms with Crippen molar-refractivity contribution in [2.75, 3.05) is 6.54 Å². The first-order valence-corrected chi connectivity index (χ1v) is 7.73. The zero-order chi connectivity index (χ0) is 15.9. The van der Waals surface area contributed by atoms with E-state index in [-0.39, 0.29) is 23.5 Å². The average Bonchev–Trinajstić information content (AvgIpc) is 2.53. The van der Waals surface area contributed by atoms with E-state index in [1.165, 1.54) is 36.0 Å². The number of aliphatic hydroxyl groups excluding tert-OH is 1. The maximum Gasteiger partial charge on any atom is 0.233 e. The van der Waals surface area contributed by atoms with Gasteiger partial charge in [-0.3, -0.25) is 4.79 Å². The van der Waals surface area contributed by atoms with E-state index in [4.69, 9.17) is 0 Å². The summed E-state index contributed by atoms with van der Waals surface area (Å²) in [4.78, 5) is 16.2. The lowest BCUT2D eigenvalue weighted by Gasteiger charge is -2.15. The second kappa shape index (κ2) is 7.91.